The molecule has 0 aliphatic carbocycles. The largest absolute Gasteiger partial charge is 0.479 e. The molecular weight excluding hydrogens is 220 g/mol. The zero-order valence-electron chi connectivity index (χ0n) is 8.80. The van der Waals surface area contributed by atoms with Gasteiger partial charge in [0.2, 0.25) is 0 Å². The van der Waals surface area contributed by atoms with Crippen LogP contribution in [0.15, 0.2) is 0 Å². The molecule has 2 atom stereocenters. The van der Waals surface area contributed by atoms with Crippen molar-refractivity contribution in [2.45, 2.75) is 32.5 Å². The normalized spacial score (nSPS) is 14.3. The van der Waals surface area contributed by atoms with Gasteiger partial charge in [-0.2, -0.15) is 11.8 Å². The molecule has 15 heavy (non-hydrogen) atoms. The zero-order valence-corrected chi connectivity index (χ0v) is 9.62. The van der Waals surface area contributed by atoms with Gasteiger partial charge in [-0.1, -0.05) is 6.92 Å². The van der Waals surface area contributed by atoms with Crippen LogP contribution < -0.4 is 0 Å². The first-order valence-electron chi connectivity index (χ1n) is 4.68. The number of rotatable bonds is 7. The molecule has 2 N–H and O–H groups in total. The summed E-state index contributed by atoms with van der Waals surface area (Å²) in [5.74, 6) is -0.582. The Bertz CT molecular complexity index is 217. The summed E-state index contributed by atoms with van der Waals surface area (Å²) in [6.07, 6.45) is -2.19. The van der Waals surface area contributed by atoms with Gasteiger partial charge >= 0.3 is 11.9 Å². The summed E-state index contributed by atoms with van der Waals surface area (Å²) in [7, 11) is 0. The number of ether oxygens (including phenoxy) is 1. The summed E-state index contributed by atoms with van der Waals surface area (Å²) in [5.41, 5.74) is 0. The maximum absolute atomic E-state index is 10.9. The van der Waals surface area contributed by atoms with E-state index in [9.17, 15) is 9.59 Å². The van der Waals surface area contributed by atoms with E-state index in [1.54, 1.807) is 11.8 Å². The van der Waals surface area contributed by atoms with Crippen molar-refractivity contribution in [3.05, 3.63) is 0 Å². The summed E-state index contributed by atoms with van der Waals surface area (Å²) >= 11 is 1.57. The van der Waals surface area contributed by atoms with Crippen LogP contribution in [0, 0.1) is 0 Å². The Hall–Kier alpha value is -0.750. The van der Waals surface area contributed by atoms with E-state index in [0.29, 0.717) is 5.75 Å². The number of carbonyl (C=O) groups excluding carboxylic acids is 1. The topological polar surface area (TPSA) is 83.8 Å². The van der Waals surface area contributed by atoms with Crippen molar-refractivity contribution >= 4 is 23.7 Å². The highest BCUT2D eigenvalue weighted by atomic mass is 32.2. The average molecular weight is 236 g/mol. The first-order chi connectivity index (χ1) is 6.99. The molecule has 0 heterocycles. The molecule has 0 aliphatic heterocycles. The molecule has 0 aromatic heterocycles. The van der Waals surface area contributed by atoms with Gasteiger partial charge in [-0.3, -0.25) is 0 Å². The quantitative estimate of drug-likeness (QED) is 0.495. The van der Waals surface area contributed by atoms with Crippen LogP contribution in [0.2, 0.25) is 0 Å². The van der Waals surface area contributed by atoms with E-state index in [4.69, 9.17) is 10.2 Å². The van der Waals surface area contributed by atoms with Crippen molar-refractivity contribution < 1.29 is 24.5 Å². The van der Waals surface area contributed by atoms with Crippen molar-refractivity contribution in [1.29, 1.82) is 0 Å². The fourth-order valence-corrected chi connectivity index (χ4v) is 1.48. The number of carbonyl (C=O) groups is 2. The molecule has 2 unspecified atom stereocenters. The van der Waals surface area contributed by atoms with Gasteiger partial charge in [0, 0.05) is 6.42 Å². The second-order valence-corrected chi connectivity index (χ2v) is 4.32. The van der Waals surface area contributed by atoms with Gasteiger partial charge in [0.15, 0.2) is 6.10 Å². The summed E-state index contributed by atoms with van der Waals surface area (Å²) < 4.78 is 4.62. The monoisotopic (exact) mass is 236 g/mol. The number of carboxylic acid groups (broad SMARTS) is 1. The van der Waals surface area contributed by atoms with Crippen molar-refractivity contribution in [2.24, 2.45) is 0 Å². The Morgan fingerprint density at radius 3 is 2.47 bits per heavy atom. The first-order valence-corrected chi connectivity index (χ1v) is 5.83. The molecule has 0 rings (SSSR count). The second kappa shape index (κ2) is 7.53. The van der Waals surface area contributed by atoms with Crippen LogP contribution in [-0.2, 0) is 14.3 Å². The summed E-state index contributed by atoms with van der Waals surface area (Å²) in [6, 6.07) is 0. The van der Waals surface area contributed by atoms with Crippen molar-refractivity contribution in [1.82, 2.24) is 0 Å². The molecule has 88 valence electrons. The first kappa shape index (κ1) is 14.2. The molecule has 0 aliphatic rings. The lowest BCUT2D eigenvalue weighted by Gasteiger charge is -2.14. The highest BCUT2D eigenvalue weighted by Gasteiger charge is 2.23. The number of hydrogen-bond acceptors (Lipinski definition) is 5. The molecule has 0 spiro atoms. The van der Waals surface area contributed by atoms with Crippen molar-refractivity contribution in [2.75, 3.05) is 11.5 Å². The van der Waals surface area contributed by atoms with Gasteiger partial charge in [0.1, 0.15) is 6.10 Å². The Kier molecular flexibility index (Phi) is 7.15. The Balaban J connectivity index is 4.05. The number of aliphatic hydroxyl groups excluding tert-OH is 1. The molecule has 0 amide bonds. The van der Waals surface area contributed by atoms with Gasteiger partial charge in [0.25, 0.3) is 0 Å². The van der Waals surface area contributed by atoms with Gasteiger partial charge in [-0.15, -0.1) is 0 Å². The summed E-state index contributed by atoms with van der Waals surface area (Å²) in [4.78, 5) is 21.6. The maximum Gasteiger partial charge on any atom is 0.345 e. The lowest BCUT2D eigenvalue weighted by Crippen LogP contribution is -2.31. The van der Waals surface area contributed by atoms with Crippen LogP contribution in [0.1, 0.15) is 20.3 Å². The van der Waals surface area contributed by atoms with E-state index in [1.807, 2.05) is 6.92 Å². The van der Waals surface area contributed by atoms with Crippen LogP contribution >= 0.6 is 11.8 Å². The van der Waals surface area contributed by atoms with Crippen LogP contribution in [0.25, 0.3) is 0 Å². The number of hydrogen-bond donors (Lipinski definition) is 2. The highest BCUT2D eigenvalue weighted by Crippen LogP contribution is 2.08. The highest BCUT2D eigenvalue weighted by molar-refractivity contribution is 7.99. The minimum absolute atomic E-state index is 0.256. The van der Waals surface area contributed by atoms with Crippen LogP contribution in [0.4, 0.5) is 0 Å². The third-order valence-electron chi connectivity index (χ3n) is 1.60. The summed E-state index contributed by atoms with van der Waals surface area (Å²) in [6.45, 7) is 3.20. The van der Waals surface area contributed by atoms with Gasteiger partial charge in [-0.25, -0.2) is 9.59 Å². The van der Waals surface area contributed by atoms with E-state index in [-0.39, 0.29) is 6.42 Å². The molecule has 0 fully saturated rings. The van der Waals surface area contributed by atoms with Crippen LogP contribution in [0.3, 0.4) is 0 Å². The second-order valence-electron chi connectivity index (χ2n) is 2.93. The molecule has 0 aromatic carbocycles. The van der Waals surface area contributed by atoms with Gasteiger partial charge < -0.3 is 14.9 Å². The Morgan fingerprint density at radius 1 is 1.47 bits per heavy atom. The minimum Gasteiger partial charge on any atom is -0.479 e. The molecule has 0 saturated carbocycles. The van der Waals surface area contributed by atoms with E-state index in [0.717, 1.165) is 5.75 Å². The number of aliphatic carboxylic acids is 1. The Labute approximate surface area is 92.8 Å². The SMILES string of the molecule is CCSCCC(OC(=O)C(C)O)C(=O)O. The maximum atomic E-state index is 10.9. The van der Waals surface area contributed by atoms with E-state index < -0.39 is 24.1 Å². The van der Waals surface area contributed by atoms with E-state index in [2.05, 4.69) is 4.74 Å². The third kappa shape index (κ3) is 6.35. The molecular formula is C9H16O5S. The smallest absolute Gasteiger partial charge is 0.345 e. The van der Waals surface area contributed by atoms with Gasteiger partial charge in [-0.05, 0) is 18.4 Å². The fraction of sp³-hybridized carbons (Fsp3) is 0.778. The van der Waals surface area contributed by atoms with Crippen molar-refractivity contribution in [3.63, 3.8) is 0 Å². The van der Waals surface area contributed by atoms with E-state index in [1.165, 1.54) is 6.92 Å². The number of aliphatic hydroxyl groups is 1. The Morgan fingerprint density at radius 2 is 2.07 bits per heavy atom. The molecule has 6 heteroatoms. The third-order valence-corrected chi connectivity index (χ3v) is 2.54. The lowest BCUT2D eigenvalue weighted by atomic mass is 10.3. The predicted octanol–water partition coefficient (Wildman–Crippen LogP) is 0.507. The van der Waals surface area contributed by atoms with Gasteiger partial charge in [0.05, 0.1) is 0 Å². The molecule has 0 saturated heterocycles. The summed E-state index contributed by atoms with van der Waals surface area (Å²) in [5, 5.41) is 17.6. The molecule has 0 bridgehead atoms. The zero-order chi connectivity index (χ0) is 11.8. The fourth-order valence-electron chi connectivity index (χ4n) is 0.806. The number of thioether (sulfide) groups is 1. The average Bonchev–Trinajstić information content (AvgIpc) is 2.15. The standard InChI is InChI=1S/C9H16O5S/c1-3-15-5-4-7(8(11)12)14-9(13)6(2)10/h6-7,10H,3-5H2,1-2H3,(H,11,12). The van der Waals surface area contributed by atoms with Crippen LogP contribution in [-0.4, -0.2) is 45.9 Å². The van der Waals surface area contributed by atoms with E-state index >= 15 is 0 Å². The molecule has 0 radical (unpaired) electrons. The number of esters is 1. The van der Waals surface area contributed by atoms with Crippen molar-refractivity contribution in [3.8, 4) is 0 Å². The minimum atomic E-state index is -1.29. The predicted molar refractivity (Wildman–Crippen MR) is 56.8 cm³/mol. The van der Waals surface area contributed by atoms with Crippen LogP contribution in [0.5, 0.6) is 0 Å². The molecule has 0 aromatic rings. The number of carboxylic acids is 1. The molecule has 5 nitrogen and oxygen atoms in total. The lowest BCUT2D eigenvalue weighted by molar-refractivity contribution is -0.169.